The van der Waals surface area contributed by atoms with E-state index in [1.807, 2.05) is 12.1 Å². The van der Waals surface area contributed by atoms with Gasteiger partial charge in [0.25, 0.3) is 5.88 Å². The minimum atomic E-state index is -0.412. The lowest BCUT2D eigenvalue weighted by Gasteiger charge is -2.39. The summed E-state index contributed by atoms with van der Waals surface area (Å²) in [5.41, 5.74) is 7.70. The number of aromatic nitrogens is 1. The predicted molar refractivity (Wildman–Crippen MR) is 108 cm³/mol. The molecular weight excluding hydrogens is 368 g/mol. The quantitative estimate of drug-likeness (QED) is 0.832. The molecular formula is C22H26N4O3. The van der Waals surface area contributed by atoms with E-state index >= 15 is 0 Å². The number of benzene rings is 1. The van der Waals surface area contributed by atoms with E-state index in [4.69, 9.17) is 15.2 Å². The second-order valence-corrected chi connectivity index (χ2v) is 8.20. The van der Waals surface area contributed by atoms with Crippen molar-refractivity contribution >= 4 is 6.03 Å². The number of nitrogens with zero attached hydrogens (tertiary/aromatic N) is 2. The highest BCUT2D eigenvalue weighted by Gasteiger charge is 2.40. The molecule has 2 saturated heterocycles. The molecule has 4 atom stereocenters. The van der Waals surface area contributed by atoms with Crippen molar-refractivity contribution in [3.8, 4) is 11.6 Å². The van der Waals surface area contributed by atoms with Gasteiger partial charge in [-0.2, -0.15) is 0 Å². The first-order valence-corrected chi connectivity index (χ1v) is 10.3. The van der Waals surface area contributed by atoms with Crippen molar-refractivity contribution < 1.29 is 14.3 Å². The van der Waals surface area contributed by atoms with Crippen LogP contribution >= 0.6 is 0 Å². The zero-order valence-electron chi connectivity index (χ0n) is 16.3. The van der Waals surface area contributed by atoms with E-state index in [9.17, 15) is 4.79 Å². The zero-order chi connectivity index (χ0) is 19.8. The van der Waals surface area contributed by atoms with Crippen molar-refractivity contribution in [3.63, 3.8) is 0 Å². The molecule has 7 heteroatoms. The van der Waals surface area contributed by atoms with Crippen LogP contribution in [0.15, 0.2) is 42.6 Å². The highest BCUT2D eigenvalue weighted by atomic mass is 16.6. The number of piperidine rings is 1. The third-order valence-corrected chi connectivity index (χ3v) is 6.33. The largest absolute Gasteiger partial charge is 0.484 e. The Balaban J connectivity index is 1.22. The highest BCUT2D eigenvalue weighted by Crippen LogP contribution is 2.37. The van der Waals surface area contributed by atoms with Gasteiger partial charge in [-0.25, -0.2) is 9.78 Å². The van der Waals surface area contributed by atoms with Crippen LogP contribution in [0.4, 0.5) is 4.79 Å². The Morgan fingerprint density at radius 2 is 1.93 bits per heavy atom. The lowest BCUT2D eigenvalue weighted by molar-refractivity contribution is 0.0850. The minimum absolute atomic E-state index is 0.141. The number of nitrogens with two attached hydrogens (primary N) is 1. The number of fused-ring (bicyclic) bond motifs is 3. The molecule has 1 aromatic heterocycles. The van der Waals surface area contributed by atoms with E-state index < -0.39 is 6.03 Å². The Kier molecular flexibility index (Phi) is 4.75. The number of rotatable bonds is 4. The maximum Gasteiger partial charge on any atom is 0.312 e. The number of ether oxygens (including phenoxy) is 2. The fourth-order valence-electron chi connectivity index (χ4n) is 4.97. The van der Waals surface area contributed by atoms with Crippen molar-refractivity contribution in [2.75, 3.05) is 6.61 Å². The van der Waals surface area contributed by atoms with Crippen LogP contribution in [-0.2, 0) is 6.54 Å². The molecule has 3 N–H and O–H groups in total. The SMILES string of the molecule is NC(=O)NC1CC2CC[C@@H](C1)N2Cc1ccc([C@H]2COc3cccnc3O2)cc1. The van der Waals surface area contributed by atoms with Gasteiger partial charge in [-0.1, -0.05) is 24.3 Å². The van der Waals surface area contributed by atoms with Gasteiger partial charge in [0.15, 0.2) is 11.9 Å². The van der Waals surface area contributed by atoms with Gasteiger partial charge in [-0.15, -0.1) is 0 Å². The van der Waals surface area contributed by atoms with E-state index in [0.717, 1.165) is 24.9 Å². The van der Waals surface area contributed by atoms with Crippen LogP contribution < -0.4 is 20.5 Å². The van der Waals surface area contributed by atoms with E-state index in [1.165, 1.54) is 18.4 Å². The summed E-state index contributed by atoms with van der Waals surface area (Å²) >= 11 is 0. The van der Waals surface area contributed by atoms with Crippen LogP contribution in [0.1, 0.15) is 42.9 Å². The molecule has 0 radical (unpaired) electrons. The molecule has 2 fully saturated rings. The number of primary amides is 1. The second-order valence-electron chi connectivity index (χ2n) is 8.20. The number of pyridine rings is 1. The number of carbonyl (C=O) groups excluding carboxylic acids is 1. The molecule has 3 aliphatic heterocycles. The standard InChI is InChI=1S/C22H26N4O3/c23-22(27)25-16-10-17-7-8-18(11-16)26(17)12-14-3-5-15(6-4-14)20-13-28-19-2-1-9-24-21(19)29-20/h1-6,9,16-18,20H,7-8,10-13H2,(H3,23,25,27)/t16?,17-,18?,20+/m0/s1. The summed E-state index contributed by atoms with van der Waals surface area (Å²) in [5, 5.41) is 2.90. The maximum absolute atomic E-state index is 11.2. The van der Waals surface area contributed by atoms with Gasteiger partial charge < -0.3 is 20.5 Å². The molecule has 2 amide bonds. The van der Waals surface area contributed by atoms with Crippen LogP contribution in [0.3, 0.4) is 0 Å². The van der Waals surface area contributed by atoms with Crippen molar-refractivity contribution in [1.29, 1.82) is 0 Å². The van der Waals surface area contributed by atoms with Crippen molar-refractivity contribution in [1.82, 2.24) is 15.2 Å². The van der Waals surface area contributed by atoms with Crippen molar-refractivity contribution in [2.24, 2.45) is 5.73 Å². The molecule has 0 aliphatic carbocycles. The Hall–Kier alpha value is -2.80. The summed E-state index contributed by atoms with van der Waals surface area (Å²) in [4.78, 5) is 18.0. The Labute approximate surface area is 170 Å². The topological polar surface area (TPSA) is 89.7 Å². The lowest BCUT2D eigenvalue weighted by Crippen LogP contribution is -2.51. The molecule has 1 aromatic carbocycles. The van der Waals surface area contributed by atoms with Gasteiger partial charge in [0.1, 0.15) is 6.61 Å². The molecule has 2 aromatic rings. The average molecular weight is 394 g/mol. The molecule has 5 rings (SSSR count). The number of hydrogen-bond donors (Lipinski definition) is 2. The van der Waals surface area contributed by atoms with Gasteiger partial charge in [0.2, 0.25) is 0 Å². The van der Waals surface area contributed by atoms with Crippen molar-refractivity contribution in [2.45, 2.75) is 56.5 Å². The third kappa shape index (κ3) is 3.74. The second kappa shape index (κ2) is 7.55. The van der Waals surface area contributed by atoms with Gasteiger partial charge in [0.05, 0.1) is 0 Å². The maximum atomic E-state index is 11.2. The van der Waals surface area contributed by atoms with E-state index in [1.54, 1.807) is 6.20 Å². The molecule has 152 valence electrons. The summed E-state index contributed by atoms with van der Waals surface area (Å²) in [5.74, 6) is 1.25. The van der Waals surface area contributed by atoms with Crippen LogP contribution in [0.25, 0.3) is 0 Å². The van der Waals surface area contributed by atoms with Gasteiger partial charge >= 0.3 is 6.03 Å². The van der Waals surface area contributed by atoms with E-state index in [-0.39, 0.29) is 12.1 Å². The molecule has 29 heavy (non-hydrogen) atoms. The van der Waals surface area contributed by atoms with Gasteiger partial charge in [0, 0.05) is 30.9 Å². The fourth-order valence-corrected chi connectivity index (χ4v) is 4.97. The van der Waals surface area contributed by atoms with Crippen molar-refractivity contribution in [3.05, 3.63) is 53.7 Å². The molecule has 3 aliphatic rings. The minimum Gasteiger partial charge on any atom is -0.484 e. The number of hydrogen-bond acceptors (Lipinski definition) is 5. The highest BCUT2D eigenvalue weighted by molar-refractivity contribution is 5.72. The molecule has 2 bridgehead atoms. The first-order chi connectivity index (χ1) is 14.2. The van der Waals surface area contributed by atoms with Crippen LogP contribution in [0, 0.1) is 0 Å². The summed E-state index contributed by atoms with van der Waals surface area (Å²) in [6, 6.07) is 13.2. The molecule has 0 saturated carbocycles. The first-order valence-electron chi connectivity index (χ1n) is 10.3. The number of carbonyl (C=O) groups is 1. The van der Waals surface area contributed by atoms with Crippen LogP contribution in [0.5, 0.6) is 11.6 Å². The van der Waals surface area contributed by atoms with Gasteiger partial charge in [-0.05, 0) is 48.9 Å². The molecule has 2 unspecified atom stereocenters. The molecule has 7 nitrogen and oxygen atoms in total. The van der Waals surface area contributed by atoms with E-state index in [2.05, 4.69) is 39.5 Å². The Bertz CT molecular complexity index is 874. The van der Waals surface area contributed by atoms with Crippen LogP contribution in [0.2, 0.25) is 0 Å². The average Bonchev–Trinajstić information content (AvgIpc) is 2.95. The number of urea groups is 1. The molecule has 0 spiro atoms. The summed E-state index contributed by atoms with van der Waals surface area (Å²) < 4.78 is 11.8. The number of nitrogens with one attached hydrogen (secondary N) is 1. The summed E-state index contributed by atoms with van der Waals surface area (Å²) in [6.45, 7) is 1.42. The third-order valence-electron chi connectivity index (χ3n) is 6.33. The Morgan fingerprint density at radius 1 is 1.17 bits per heavy atom. The summed E-state index contributed by atoms with van der Waals surface area (Å²) in [6.07, 6.45) is 5.93. The smallest absolute Gasteiger partial charge is 0.312 e. The monoisotopic (exact) mass is 394 g/mol. The van der Waals surface area contributed by atoms with E-state index in [0.29, 0.717) is 30.3 Å². The van der Waals surface area contributed by atoms with Gasteiger partial charge in [-0.3, -0.25) is 4.90 Å². The lowest BCUT2D eigenvalue weighted by atomic mass is 9.96. The van der Waals surface area contributed by atoms with Crippen LogP contribution in [-0.4, -0.2) is 40.6 Å². The number of amides is 2. The molecule has 4 heterocycles. The first kappa shape index (κ1) is 18.2. The predicted octanol–water partition coefficient (Wildman–Crippen LogP) is 2.76. The Morgan fingerprint density at radius 3 is 2.66 bits per heavy atom. The fraction of sp³-hybridized carbons (Fsp3) is 0.455. The normalized spacial score (nSPS) is 28.1. The zero-order valence-corrected chi connectivity index (χ0v) is 16.3. The summed E-state index contributed by atoms with van der Waals surface area (Å²) in [7, 11) is 0.